The van der Waals surface area contributed by atoms with E-state index < -0.39 is 11.8 Å². The van der Waals surface area contributed by atoms with Crippen LogP contribution in [-0.2, 0) is 11.3 Å². The molecular weight excluding hydrogens is 344 g/mol. The van der Waals surface area contributed by atoms with E-state index in [0.29, 0.717) is 11.1 Å². The molecule has 7 heteroatoms. The van der Waals surface area contributed by atoms with E-state index in [-0.39, 0.29) is 32.0 Å². The molecule has 0 atom stereocenters. The van der Waals surface area contributed by atoms with Crippen molar-refractivity contribution < 1.29 is 14.4 Å². The number of fused-ring (bicyclic) bond motifs is 1. The number of benzene rings is 1. The number of nitriles is 1. The van der Waals surface area contributed by atoms with Crippen molar-refractivity contribution in [1.29, 1.82) is 5.26 Å². The van der Waals surface area contributed by atoms with Crippen LogP contribution >= 0.6 is 0 Å². The van der Waals surface area contributed by atoms with Crippen molar-refractivity contribution in [3.05, 3.63) is 65.0 Å². The van der Waals surface area contributed by atoms with Gasteiger partial charge in [0.05, 0.1) is 23.6 Å². The van der Waals surface area contributed by atoms with Crippen LogP contribution in [-0.4, -0.2) is 45.6 Å². The zero-order valence-corrected chi connectivity index (χ0v) is 14.9. The fourth-order valence-corrected chi connectivity index (χ4v) is 2.97. The van der Waals surface area contributed by atoms with Crippen molar-refractivity contribution in [3.63, 3.8) is 0 Å². The number of imide groups is 1. The Morgan fingerprint density at radius 2 is 2.00 bits per heavy atom. The molecule has 7 nitrogen and oxygen atoms in total. The number of hydrogen-bond acceptors (Lipinski definition) is 5. The van der Waals surface area contributed by atoms with Crippen LogP contribution < -0.4 is 0 Å². The SMILES string of the molecule is Cc1ccc2c(c1)C(=O)N(CC(=O)N(CCC#N)Cc1cccnc1)C2=O. The van der Waals surface area contributed by atoms with Gasteiger partial charge in [-0.1, -0.05) is 17.7 Å². The van der Waals surface area contributed by atoms with Gasteiger partial charge in [0.1, 0.15) is 6.54 Å². The molecule has 0 radical (unpaired) electrons. The molecule has 0 spiro atoms. The molecule has 0 N–H and O–H groups in total. The van der Waals surface area contributed by atoms with E-state index in [1.165, 1.54) is 4.90 Å². The second-order valence-corrected chi connectivity index (χ2v) is 6.33. The quantitative estimate of drug-likeness (QED) is 0.732. The van der Waals surface area contributed by atoms with Crippen LogP contribution in [0, 0.1) is 18.3 Å². The molecule has 0 saturated heterocycles. The van der Waals surface area contributed by atoms with Gasteiger partial charge in [0.15, 0.2) is 0 Å². The lowest BCUT2D eigenvalue weighted by Gasteiger charge is -2.24. The molecule has 27 heavy (non-hydrogen) atoms. The van der Waals surface area contributed by atoms with Crippen molar-refractivity contribution in [2.45, 2.75) is 19.9 Å². The van der Waals surface area contributed by atoms with Crippen LogP contribution in [0.25, 0.3) is 0 Å². The lowest BCUT2D eigenvalue weighted by atomic mass is 10.1. The van der Waals surface area contributed by atoms with Crippen LogP contribution in [0.15, 0.2) is 42.7 Å². The Morgan fingerprint density at radius 1 is 1.22 bits per heavy atom. The van der Waals surface area contributed by atoms with Gasteiger partial charge in [-0.05, 0) is 30.7 Å². The second-order valence-electron chi connectivity index (χ2n) is 6.33. The van der Waals surface area contributed by atoms with Gasteiger partial charge in [-0.2, -0.15) is 5.26 Å². The van der Waals surface area contributed by atoms with Crippen molar-refractivity contribution >= 4 is 17.7 Å². The van der Waals surface area contributed by atoms with Crippen LogP contribution in [0.4, 0.5) is 0 Å². The smallest absolute Gasteiger partial charge is 0.262 e. The average Bonchev–Trinajstić information content (AvgIpc) is 2.90. The Hall–Kier alpha value is -3.53. The van der Waals surface area contributed by atoms with Crippen LogP contribution in [0.1, 0.15) is 38.3 Å². The van der Waals surface area contributed by atoms with Gasteiger partial charge in [0.2, 0.25) is 5.91 Å². The van der Waals surface area contributed by atoms with E-state index in [4.69, 9.17) is 5.26 Å². The summed E-state index contributed by atoms with van der Waals surface area (Å²) in [5.41, 5.74) is 2.31. The molecule has 1 aromatic carbocycles. The topological polar surface area (TPSA) is 94.4 Å². The summed E-state index contributed by atoms with van der Waals surface area (Å²) in [5.74, 6) is -1.32. The highest BCUT2D eigenvalue weighted by Gasteiger charge is 2.37. The minimum atomic E-state index is -0.468. The van der Waals surface area contributed by atoms with Crippen LogP contribution in [0.2, 0.25) is 0 Å². The van der Waals surface area contributed by atoms with E-state index in [1.54, 1.807) is 36.7 Å². The molecular formula is C20H18N4O3. The molecule has 136 valence electrons. The van der Waals surface area contributed by atoms with Crippen molar-refractivity contribution in [1.82, 2.24) is 14.8 Å². The Kier molecular flexibility index (Phi) is 5.27. The first-order valence-corrected chi connectivity index (χ1v) is 8.51. The first kappa shape index (κ1) is 18.3. The van der Waals surface area contributed by atoms with Gasteiger partial charge in [0.25, 0.3) is 11.8 Å². The Balaban J connectivity index is 1.76. The maximum absolute atomic E-state index is 12.8. The zero-order chi connectivity index (χ0) is 19.4. The van der Waals surface area contributed by atoms with Crippen LogP contribution in [0.3, 0.4) is 0 Å². The minimum absolute atomic E-state index is 0.160. The van der Waals surface area contributed by atoms with E-state index in [1.807, 2.05) is 19.1 Å². The molecule has 2 aromatic rings. The van der Waals surface area contributed by atoms with E-state index in [9.17, 15) is 14.4 Å². The summed E-state index contributed by atoms with van der Waals surface area (Å²) in [6, 6.07) is 10.6. The summed E-state index contributed by atoms with van der Waals surface area (Å²) in [6.45, 7) is 1.96. The second kappa shape index (κ2) is 7.79. The first-order chi connectivity index (χ1) is 13.0. The summed E-state index contributed by atoms with van der Waals surface area (Å²) in [4.78, 5) is 44.3. The highest BCUT2D eigenvalue weighted by atomic mass is 16.2. The zero-order valence-electron chi connectivity index (χ0n) is 14.9. The van der Waals surface area contributed by atoms with Crippen molar-refractivity contribution in [2.24, 2.45) is 0 Å². The Morgan fingerprint density at radius 3 is 2.70 bits per heavy atom. The number of pyridine rings is 1. The third-order valence-electron chi connectivity index (χ3n) is 4.36. The molecule has 0 saturated carbocycles. The minimum Gasteiger partial charge on any atom is -0.336 e. The van der Waals surface area contributed by atoms with E-state index in [2.05, 4.69) is 4.98 Å². The first-order valence-electron chi connectivity index (χ1n) is 8.51. The van der Waals surface area contributed by atoms with Crippen LogP contribution in [0.5, 0.6) is 0 Å². The number of carbonyl (C=O) groups excluding carboxylic acids is 3. The monoisotopic (exact) mass is 362 g/mol. The molecule has 1 aliphatic heterocycles. The summed E-state index contributed by atoms with van der Waals surface area (Å²) >= 11 is 0. The van der Waals surface area contributed by atoms with Crippen molar-refractivity contribution in [3.8, 4) is 6.07 Å². The molecule has 0 fully saturated rings. The van der Waals surface area contributed by atoms with Gasteiger partial charge in [-0.25, -0.2) is 0 Å². The van der Waals surface area contributed by atoms with Crippen molar-refractivity contribution in [2.75, 3.05) is 13.1 Å². The largest absolute Gasteiger partial charge is 0.336 e. The van der Waals surface area contributed by atoms with Gasteiger partial charge < -0.3 is 4.90 Å². The van der Waals surface area contributed by atoms with E-state index in [0.717, 1.165) is 16.0 Å². The molecule has 3 amide bonds. The maximum Gasteiger partial charge on any atom is 0.262 e. The fourth-order valence-electron chi connectivity index (χ4n) is 2.97. The molecule has 0 unspecified atom stereocenters. The summed E-state index contributed by atoms with van der Waals surface area (Å²) in [5, 5.41) is 8.86. The average molecular weight is 362 g/mol. The van der Waals surface area contributed by atoms with Gasteiger partial charge in [-0.3, -0.25) is 24.3 Å². The maximum atomic E-state index is 12.8. The summed E-state index contributed by atoms with van der Waals surface area (Å²) < 4.78 is 0. The molecule has 1 aromatic heterocycles. The number of aromatic nitrogens is 1. The third-order valence-corrected chi connectivity index (χ3v) is 4.36. The summed E-state index contributed by atoms with van der Waals surface area (Å²) in [6.07, 6.45) is 3.43. The van der Waals surface area contributed by atoms with Gasteiger partial charge in [0, 0.05) is 25.5 Å². The number of amides is 3. The van der Waals surface area contributed by atoms with Gasteiger partial charge >= 0.3 is 0 Å². The molecule has 1 aliphatic rings. The Labute approximate surface area is 156 Å². The number of nitrogens with zero attached hydrogens (tertiary/aromatic N) is 4. The standard InChI is InChI=1S/C20H18N4O3/c1-14-5-6-16-17(10-14)20(27)24(19(16)26)13-18(25)23(9-3-7-21)12-15-4-2-8-22-11-15/h2,4-6,8,10-11H,3,9,12-13H2,1H3. The van der Waals surface area contributed by atoms with Gasteiger partial charge in [-0.15, -0.1) is 0 Å². The lowest BCUT2D eigenvalue weighted by molar-refractivity contribution is -0.132. The molecule has 3 rings (SSSR count). The predicted octanol–water partition coefficient (Wildman–Crippen LogP) is 1.93. The summed E-state index contributed by atoms with van der Waals surface area (Å²) in [7, 11) is 0. The number of rotatable bonds is 6. The number of hydrogen-bond donors (Lipinski definition) is 0. The highest BCUT2D eigenvalue weighted by molar-refractivity contribution is 6.22. The molecule has 0 bridgehead atoms. The molecule has 0 aliphatic carbocycles. The lowest BCUT2D eigenvalue weighted by Crippen LogP contribution is -2.42. The molecule has 2 heterocycles. The van der Waals surface area contributed by atoms with E-state index >= 15 is 0 Å². The Bertz CT molecular complexity index is 934. The number of carbonyl (C=O) groups is 3. The third kappa shape index (κ3) is 3.85. The highest BCUT2D eigenvalue weighted by Crippen LogP contribution is 2.24. The normalized spacial score (nSPS) is 12.7. The fraction of sp³-hybridized carbons (Fsp3) is 0.250. The predicted molar refractivity (Wildman–Crippen MR) is 96.4 cm³/mol. The number of aryl methyl sites for hydroxylation is 1.